The van der Waals surface area contributed by atoms with Crippen LogP contribution < -0.4 is 5.32 Å². The van der Waals surface area contributed by atoms with Gasteiger partial charge in [0.05, 0.1) is 6.61 Å². The van der Waals surface area contributed by atoms with Crippen molar-refractivity contribution in [2.75, 3.05) is 13.2 Å². The van der Waals surface area contributed by atoms with Gasteiger partial charge in [0.2, 0.25) is 0 Å². The van der Waals surface area contributed by atoms with Gasteiger partial charge in [-0.2, -0.15) is 0 Å². The van der Waals surface area contributed by atoms with E-state index >= 15 is 0 Å². The van der Waals surface area contributed by atoms with Gasteiger partial charge < -0.3 is 4.74 Å². The van der Waals surface area contributed by atoms with Crippen LogP contribution in [0.1, 0.15) is 44.1 Å². The number of ether oxygens (including phenoxy) is 1. The fraction of sp³-hybridized carbons (Fsp3) is 0.588. The Kier molecular flexibility index (Phi) is 6.42. The Hall–Kier alpha value is -1.51. The van der Waals surface area contributed by atoms with Gasteiger partial charge in [-0.3, -0.25) is 0 Å². The molecule has 0 spiro atoms. The Morgan fingerprint density at radius 3 is 2.70 bits per heavy atom. The Morgan fingerprint density at radius 2 is 2.00 bits per heavy atom. The fourth-order valence-corrected chi connectivity index (χ4v) is 2.46. The largest absolute Gasteiger partial charge is 0.448 e. The molecule has 1 aliphatic carbocycles. The summed E-state index contributed by atoms with van der Waals surface area (Å²) in [5.41, 5.74) is 1.28. The van der Waals surface area contributed by atoms with Crippen molar-refractivity contribution in [3.63, 3.8) is 0 Å². The van der Waals surface area contributed by atoms with E-state index in [1.807, 2.05) is 18.2 Å². The first-order chi connectivity index (χ1) is 9.84. The number of rotatable bonds is 8. The molecule has 0 heterocycles. The molecule has 1 aromatic carbocycles. The van der Waals surface area contributed by atoms with Crippen LogP contribution in [0.15, 0.2) is 30.3 Å². The Morgan fingerprint density at radius 1 is 1.20 bits per heavy atom. The molecule has 2 rings (SSSR count). The summed E-state index contributed by atoms with van der Waals surface area (Å²) in [6.07, 6.45) is 7.74. The number of nitrogens with zero attached hydrogens (tertiary/aromatic N) is 1. The molecule has 0 saturated heterocycles. The van der Waals surface area contributed by atoms with Crippen LogP contribution >= 0.6 is 0 Å². The highest BCUT2D eigenvalue weighted by molar-refractivity contribution is 5.66. The van der Waals surface area contributed by atoms with Gasteiger partial charge in [-0.25, -0.2) is 10.1 Å². The monoisotopic (exact) mass is 274 g/mol. The maximum absolute atomic E-state index is 11.4. The summed E-state index contributed by atoms with van der Waals surface area (Å²) in [6, 6.07) is 10.2. The Balaban J connectivity index is 1.43. The summed E-state index contributed by atoms with van der Waals surface area (Å²) in [4.78, 5) is 11.4. The topological polar surface area (TPSA) is 40.4 Å². The molecule has 109 valence electrons. The van der Waals surface area contributed by atoms with Gasteiger partial charge in [0.1, 0.15) is 0 Å². The molecule has 20 heavy (non-hydrogen) atoms. The average Bonchev–Trinajstić information content (AvgIpc) is 2.42. The zero-order valence-corrected chi connectivity index (χ0v) is 12.1. The quantitative estimate of drug-likeness (QED) is 0.674. The van der Waals surface area contributed by atoms with E-state index in [0.717, 1.165) is 25.2 Å². The normalized spacial score (nSPS) is 14.6. The fourth-order valence-electron chi connectivity index (χ4n) is 2.46. The summed E-state index contributed by atoms with van der Waals surface area (Å²) in [7, 11) is 0. The van der Waals surface area contributed by atoms with E-state index in [-0.39, 0.29) is 0 Å². The molecule has 3 nitrogen and oxygen atoms in total. The van der Waals surface area contributed by atoms with Crippen LogP contribution in [-0.4, -0.2) is 19.2 Å². The van der Waals surface area contributed by atoms with E-state index in [9.17, 15) is 4.79 Å². The number of hydrogen-bond donors (Lipinski definition) is 0. The van der Waals surface area contributed by atoms with Gasteiger partial charge in [0.15, 0.2) is 0 Å². The lowest BCUT2D eigenvalue weighted by Gasteiger charge is -2.24. The predicted octanol–water partition coefficient (Wildman–Crippen LogP) is 3.94. The number of carbonyl (C=O) groups is 1. The van der Waals surface area contributed by atoms with E-state index in [1.165, 1.54) is 31.2 Å². The summed E-state index contributed by atoms with van der Waals surface area (Å²) in [6.45, 7) is 1.08. The molecule has 0 bridgehead atoms. The zero-order chi connectivity index (χ0) is 14.0. The van der Waals surface area contributed by atoms with Crippen LogP contribution in [0.5, 0.6) is 0 Å². The van der Waals surface area contributed by atoms with Gasteiger partial charge in [-0.05, 0) is 37.2 Å². The van der Waals surface area contributed by atoms with E-state index in [1.54, 1.807) is 0 Å². The van der Waals surface area contributed by atoms with Crippen LogP contribution in [0.4, 0.5) is 4.79 Å². The summed E-state index contributed by atoms with van der Waals surface area (Å²) in [5.74, 6) is 0.895. The number of aryl methyl sites for hydroxylation is 1. The number of carbonyl (C=O) groups excluding carboxylic acids is 1. The van der Waals surface area contributed by atoms with Crippen LogP contribution in [-0.2, 0) is 11.2 Å². The maximum Gasteiger partial charge on any atom is 0.428 e. The molecule has 0 atom stereocenters. The van der Waals surface area contributed by atoms with Gasteiger partial charge in [0, 0.05) is 6.54 Å². The van der Waals surface area contributed by atoms with Crippen LogP contribution in [0, 0.1) is 5.92 Å². The van der Waals surface area contributed by atoms with Crippen LogP contribution in [0.3, 0.4) is 0 Å². The van der Waals surface area contributed by atoms with Gasteiger partial charge in [0.25, 0.3) is 0 Å². The lowest BCUT2D eigenvalue weighted by atomic mass is 9.82. The molecule has 1 aliphatic rings. The third kappa shape index (κ3) is 5.64. The second kappa shape index (κ2) is 8.62. The smallest absolute Gasteiger partial charge is 0.428 e. The van der Waals surface area contributed by atoms with E-state index in [0.29, 0.717) is 13.2 Å². The first-order valence-corrected chi connectivity index (χ1v) is 7.73. The van der Waals surface area contributed by atoms with Crippen molar-refractivity contribution in [3.05, 3.63) is 35.9 Å². The molecule has 1 fully saturated rings. The second-order valence-electron chi connectivity index (χ2n) is 5.52. The average molecular weight is 274 g/mol. The molecule has 0 N–H and O–H groups in total. The molecular weight excluding hydrogens is 250 g/mol. The molecule has 0 unspecified atom stereocenters. The molecule has 3 heteroatoms. The highest BCUT2D eigenvalue weighted by Crippen LogP contribution is 2.30. The van der Waals surface area contributed by atoms with Crippen LogP contribution in [0.25, 0.3) is 0 Å². The predicted molar refractivity (Wildman–Crippen MR) is 79.7 cm³/mol. The minimum Gasteiger partial charge on any atom is -0.448 e. The van der Waals surface area contributed by atoms with Gasteiger partial charge in [-0.1, -0.05) is 49.6 Å². The minimum absolute atomic E-state index is 0.397. The molecule has 1 radical (unpaired) electrons. The maximum atomic E-state index is 11.4. The summed E-state index contributed by atoms with van der Waals surface area (Å²) >= 11 is 0. The number of amides is 1. The highest BCUT2D eigenvalue weighted by atomic mass is 16.5. The van der Waals surface area contributed by atoms with Gasteiger partial charge in [-0.15, -0.1) is 0 Å². The Labute approximate surface area is 121 Å². The van der Waals surface area contributed by atoms with Crippen molar-refractivity contribution in [3.8, 4) is 0 Å². The highest BCUT2D eigenvalue weighted by Gasteiger charge is 2.16. The third-order valence-corrected chi connectivity index (χ3v) is 3.91. The molecule has 1 amide bonds. The first kappa shape index (κ1) is 14.9. The number of hydrogen-bond acceptors (Lipinski definition) is 2. The second-order valence-corrected chi connectivity index (χ2v) is 5.52. The lowest BCUT2D eigenvalue weighted by Crippen LogP contribution is -2.20. The van der Waals surface area contributed by atoms with Gasteiger partial charge >= 0.3 is 6.09 Å². The third-order valence-electron chi connectivity index (χ3n) is 3.91. The SMILES string of the molecule is O=C([N]CCCC1CCC1)OCCCc1ccccc1. The lowest BCUT2D eigenvalue weighted by molar-refractivity contribution is 0.143. The van der Waals surface area contributed by atoms with Crippen molar-refractivity contribution in [1.82, 2.24) is 5.32 Å². The van der Waals surface area contributed by atoms with Crippen molar-refractivity contribution in [2.45, 2.75) is 44.9 Å². The zero-order valence-electron chi connectivity index (χ0n) is 12.1. The summed E-state index contributed by atoms with van der Waals surface area (Å²) < 4.78 is 5.11. The van der Waals surface area contributed by atoms with E-state index in [2.05, 4.69) is 17.4 Å². The van der Waals surface area contributed by atoms with E-state index in [4.69, 9.17) is 4.74 Å². The molecule has 0 aliphatic heterocycles. The van der Waals surface area contributed by atoms with Crippen molar-refractivity contribution in [1.29, 1.82) is 0 Å². The molecule has 1 aromatic rings. The van der Waals surface area contributed by atoms with Crippen molar-refractivity contribution >= 4 is 6.09 Å². The number of benzene rings is 1. The van der Waals surface area contributed by atoms with Crippen molar-refractivity contribution in [2.24, 2.45) is 5.92 Å². The molecule has 1 saturated carbocycles. The molecular formula is C17H24NO2. The Bertz CT molecular complexity index is 387. The standard InChI is InChI=1S/C17H24NO2/c19-17(18-13-5-11-16-9-4-10-16)20-14-6-12-15-7-2-1-3-8-15/h1-3,7-8,16H,4-6,9-14H2. The van der Waals surface area contributed by atoms with Crippen molar-refractivity contribution < 1.29 is 9.53 Å². The summed E-state index contributed by atoms with van der Waals surface area (Å²) in [5, 5.41) is 3.94. The van der Waals surface area contributed by atoms with E-state index < -0.39 is 6.09 Å². The van der Waals surface area contributed by atoms with Crippen LogP contribution in [0.2, 0.25) is 0 Å². The molecule has 0 aromatic heterocycles. The minimum atomic E-state index is -0.397. The first-order valence-electron chi connectivity index (χ1n) is 7.73.